The minimum absolute atomic E-state index is 0.144. The number of nitrogens with two attached hydrogens (primary N) is 2. The maximum atomic E-state index is 12.0. The summed E-state index contributed by atoms with van der Waals surface area (Å²) in [7, 11) is 2.65. The Kier molecular flexibility index (Phi) is 5.48. The quantitative estimate of drug-likeness (QED) is 0.305. The lowest BCUT2D eigenvalue weighted by atomic mass is 10.1. The predicted molar refractivity (Wildman–Crippen MR) is 137 cm³/mol. The molecule has 0 amide bonds. The molecule has 0 unspecified atom stereocenters. The van der Waals surface area contributed by atoms with Gasteiger partial charge in [0.25, 0.3) is 0 Å². The summed E-state index contributed by atoms with van der Waals surface area (Å²) < 4.78 is 25.3. The number of benzene rings is 2. The molecule has 2 aliphatic heterocycles. The number of imidazole rings is 2. The second-order valence-electron chi connectivity index (χ2n) is 9.04. The van der Waals surface area contributed by atoms with E-state index in [-0.39, 0.29) is 12.1 Å². The van der Waals surface area contributed by atoms with Crippen LogP contribution in [-0.2, 0) is 9.47 Å². The van der Waals surface area contributed by atoms with Gasteiger partial charge in [0.2, 0.25) is 11.9 Å². The Morgan fingerprint density at radius 2 is 1.26 bits per heavy atom. The van der Waals surface area contributed by atoms with Crippen molar-refractivity contribution in [2.45, 2.75) is 24.9 Å². The number of esters is 2. The highest BCUT2D eigenvalue weighted by molar-refractivity contribution is 5.98. The second kappa shape index (κ2) is 8.88. The van der Waals surface area contributed by atoms with E-state index >= 15 is 0 Å². The van der Waals surface area contributed by atoms with Crippen LogP contribution in [0.4, 0.5) is 11.9 Å². The third-order valence-corrected chi connectivity index (χ3v) is 6.79. The average molecular weight is 517 g/mol. The largest absolute Gasteiger partial charge is 0.489 e. The normalized spacial score (nSPS) is 17.3. The molecular weight excluding hydrogens is 492 g/mol. The van der Waals surface area contributed by atoms with Gasteiger partial charge in [-0.15, -0.1) is 11.8 Å². The standard InChI is InChI=1S/C26H24N6O6/c1-35-23(33)13-7-17-21-19(9-13)37-11-15(31(21)25(27)29-17)5-3-4-6-16-12-38-20-10-14(24(34)36-2)8-18-22(20)32(16)26(28)30-18/h7-10,15-16H,5-6,11-12H2,1-2H3,(H2,27,29)(H2,28,30)/t15-,16-/m0/s1. The summed E-state index contributed by atoms with van der Waals surface area (Å²) in [4.78, 5) is 32.8. The zero-order chi connectivity index (χ0) is 26.6. The van der Waals surface area contributed by atoms with Gasteiger partial charge in [0, 0.05) is 12.8 Å². The van der Waals surface area contributed by atoms with Gasteiger partial charge in [0.15, 0.2) is 0 Å². The fraction of sp³-hybridized carbons (Fsp3) is 0.308. The molecule has 4 N–H and O–H groups in total. The lowest BCUT2D eigenvalue weighted by Crippen LogP contribution is -2.24. The summed E-state index contributed by atoms with van der Waals surface area (Å²) in [6, 6.07) is 6.27. The molecule has 12 heteroatoms. The van der Waals surface area contributed by atoms with Crippen LogP contribution in [0.25, 0.3) is 22.1 Å². The van der Waals surface area contributed by atoms with E-state index in [1.807, 2.05) is 9.13 Å². The fourth-order valence-electron chi connectivity index (χ4n) is 5.06. The van der Waals surface area contributed by atoms with Gasteiger partial charge in [-0.2, -0.15) is 0 Å². The summed E-state index contributed by atoms with van der Waals surface area (Å²) >= 11 is 0. The number of carbonyl (C=O) groups excluding carboxylic acids is 2. The minimum atomic E-state index is -0.470. The van der Waals surface area contributed by atoms with Crippen molar-refractivity contribution < 1.29 is 28.5 Å². The van der Waals surface area contributed by atoms with Crippen molar-refractivity contribution in [3.05, 3.63) is 35.4 Å². The highest BCUT2D eigenvalue weighted by atomic mass is 16.5. The molecule has 0 fully saturated rings. The van der Waals surface area contributed by atoms with E-state index in [1.165, 1.54) is 14.2 Å². The van der Waals surface area contributed by atoms with Crippen molar-refractivity contribution in [3.8, 4) is 23.3 Å². The number of hydrogen-bond donors (Lipinski definition) is 2. The molecule has 38 heavy (non-hydrogen) atoms. The zero-order valence-electron chi connectivity index (χ0n) is 20.7. The summed E-state index contributed by atoms with van der Waals surface area (Å²) in [5, 5.41) is 0. The number of aromatic nitrogens is 4. The van der Waals surface area contributed by atoms with Crippen LogP contribution in [0.15, 0.2) is 24.3 Å². The van der Waals surface area contributed by atoms with Crippen LogP contribution in [0, 0.1) is 11.8 Å². The Balaban J connectivity index is 1.22. The fourth-order valence-corrected chi connectivity index (χ4v) is 5.06. The molecule has 0 saturated carbocycles. The van der Waals surface area contributed by atoms with Gasteiger partial charge in [-0.3, -0.25) is 9.13 Å². The van der Waals surface area contributed by atoms with Gasteiger partial charge in [-0.25, -0.2) is 19.6 Å². The molecule has 0 spiro atoms. The molecule has 12 nitrogen and oxygen atoms in total. The maximum absolute atomic E-state index is 12.0. The SMILES string of the molecule is COC(=O)c1cc2c3c(c1)nc(N)n3[C@@H](CC#CC[C@H]1COc3cc(C(=O)OC)cc4nc(N)n1c34)CO2. The Hall–Kier alpha value is -4.92. The smallest absolute Gasteiger partial charge is 0.338 e. The van der Waals surface area contributed by atoms with Crippen molar-refractivity contribution in [2.75, 3.05) is 38.9 Å². The monoisotopic (exact) mass is 516 g/mol. The maximum Gasteiger partial charge on any atom is 0.338 e. The molecule has 0 bridgehead atoms. The summed E-state index contributed by atoms with van der Waals surface area (Å²) in [5.74, 6) is 7.24. The Labute approximate surface area is 216 Å². The first-order valence-electron chi connectivity index (χ1n) is 11.9. The van der Waals surface area contributed by atoms with Gasteiger partial charge in [0.05, 0.1) is 48.5 Å². The highest BCUT2D eigenvalue weighted by Crippen LogP contribution is 2.38. The molecule has 0 aliphatic carbocycles. The lowest BCUT2D eigenvalue weighted by Gasteiger charge is -2.26. The molecule has 4 heterocycles. The van der Waals surface area contributed by atoms with E-state index in [9.17, 15) is 9.59 Å². The van der Waals surface area contributed by atoms with Crippen LogP contribution >= 0.6 is 0 Å². The first-order chi connectivity index (χ1) is 18.4. The number of rotatable bonds is 4. The van der Waals surface area contributed by atoms with Crippen LogP contribution in [0.1, 0.15) is 45.6 Å². The topological polar surface area (TPSA) is 159 Å². The average Bonchev–Trinajstić information content (AvgIpc) is 3.45. The molecular formula is C26H24N6O6. The first-order valence-corrected chi connectivity index (χ1v) is 11.9. The third kappa shape index (κ3) is 3.62. The molecule has 194 valence electrons. The van der Waals surface area contributed by atoms with E-state index in [1.54, 1.807) is 24.3 Å². The molecule has 6 rings (SSSR count). The Bertz CT molecular complexity index is 1570. The first kappa shape index (κ1) is 23.5. The Morgan fingerprint density at radius 1 is 0.842 bits per heavy atom. The van der Waals surface area contributed by atoms with Gasteiger partial charge >= 0.3 is 11.9 Å². The van der Waals surface area contributed by atoms with Crippen molar-refractivity contribution in [1.82, 2.24) is 19.1 Å². The molecule has 2 atom stereocenters. The van der Waals surface area contributed by atoms with Crippen LogP contribution < -0.4 is 20.9 Å². The number of nitrogens with zero attached hydrogens (tertiary/aromatic N) is 4. The summed E-state index contributed by atoms with van der Waals surface area (Å²) in [6.45, 7) is 0.666. The van der Waals surface area contributed by atoms with Gasteiger partial charge < -0.3 is 30.4 Å². The van der Waals surface area contributed by atoms with Gasteiger partial charge in [0.1, 0.15) is 35.7 Å². The lowest BCUT2D eigenvalue weighted by molar-refractivity contribution is 0.0591. The number of anilines is 2. The van der Waals surface area contributed by atoms with Crippen LogP contribution in [-0.4, -0.2) is 58.5 Å². The number of ether oxygens (including phenoxy) is 4. The Morgan fingerprint density at radius 3 is 1.66 bits per heavy atom. The number of carbonyl (C=O) groups is 2. The molecule has 0 radical (unpaired) electrons. The van der Waals surface area contributed by atoms with E-state index in [2.05, 4.69) is 21.8 Å². The van der Waals surface area contributed by atoms with E-state index in [0.29, 0.717) is 71.6 Å². The van der Waals surface area contributed by atoms with Crippen LogP contribution in [0.3, 0.4) is 0 Å². The van der Waals surface area contributed by atoms with Gasteiger partial charge in [-0.1, -0.05) is 0 Å². The van der Waals surface area contributed by atoms with E-state index in [0.717, 1.165) is 11.0 Å². The van der Waals surface area contributed by atoms with Gasteiger partial charge in [-0.05, 0) is 24.3 Å². The summed E-state index contributed by atoms with van der Waals surface area (Å²) in [6.07, 6.45) is 0.963. The molecule has 2 aliphatic rings. The van der Waals surface area contributed by atoms with E-state index < -0.39 is 11.9 Å². The molecule has 0 saturated heterocycles. The summed E-state index contributed by atoms with van der Waals surface area (Å²) in [5.41, 5.74) is 15.7. The third-order valence-electron chi connectivity index (χ3n) is 6.79. The van der Waals surface area contributed by atoms with Crippen molar-refractivity contribution in [2.24, 2.45) is 0 Å². The van der Waals surface area contributed by atoms with Crippen LogP contribution in [0.5, 0.6) is 11.5 Å². The van der Waals surface area contributed by atoms with Crippen molar-refractivity contribution >= 4 is 45.9 Å². The predicted octanol–water partition coefficient (Wildman–Crippen LogP) is 2.47. The molecule has 4 aromatic rings. The molecule has 2 aromatic carbocycles. The van der Waals surface area contributed by atoms with Crippen LogP contribution in [0.2, 0.25) is 0 Å². The van der Waals surface area contributed by atoms with E-state index in [4.69, 9.17) is 30.4 Å². The second-order valence-corrected chi connectivity index (χ2v) is 9.04. The van der Waals surface area contributed by atoms with Crippen molar-refractivity contribution in [3.63, 3.8) is 0 Å². The minimum Gasteiger partial charge on any atom is -0.489 e. The highest BCUT2D eigenvalue weighted by Gasteiger charge is 2.29. The number of hydrogen-bond acceptors (Lipinski definition) is 10. The molecule has 2 aromatic heterocycles. The number of nitrogen functional groups attached to an aromatic ring is 2. The zero-order valence-corrected chi connectivity index (χ0v) is 20.7. The number of methoxy groups -OCH3 is 2. The van der Waals surface area contributed by atoms with Crippen molar-refractivity contribution in [1.29, 1.82) is 0 Å².